The molecular weight excluding hydrogens is 220 g/mol. The van der Waals surface area contributed by atoms with E-state index in [0.717, 1.165) is 0 Å². The van der Waals surface area contributed by atoms with E-state index in [1.165, 1.54) is 6.26 Å². The normalized spacial score (nSPS) is 12.2. The summed E-state index contributed by atoms with van der Waals surface area (Å²) in [7, 11) is 3.10. The molecule has 1 atom stereocenters. The van der Waals surface area contributed by atoms with Crippen LogP contribution >= 0.6 is 0 Å². The molecule has 0 aliphatic carbocycles. The van der Waals surface area contributed by atoms with Crippen LogP contribution in [0.5, 0.6) is 11.5 Å². The molecule has 1 aromatic carbocycles. The van der Waals surface area contributed by atoms with E-state index >= 15 is 0 Å². The topological polar surface area (TPSA) is 51.8 Å². The van der Waals surface area contributed by atoms with Gasteiger partial charge in [-0.15, -0.1) is 0 Å². The van der Waals surface area contributed by atoms with E-state index in [-0.39, 0.29) is 0 Å². The van der Waals surface area contributed by atoms with Gasteiger partial charge in [0.25, 0.3) is 0 Å². The molecule has 2 aromatic rings. The van der Waals surface area contributed by atoms with Crippen molar-refractivity contribution in [1.82, 2.24) is 0 Å². The van der Waals surface area contributed by atoms with Crippen LogP contribution in [-0.4, -0.2) is 19.3 Å². The molecule has 0 saturated carbocycles. The van der Waals surface area contributed by atoms with Crippen molar-refractivity contribution >= 4 is 0 Å². The highest BCUT2D eigenvalue weighted by Crippen LogP contribution is 2.37. The molecule has 1 unspecified atom stereocenters. The second-order valence-corrected chi connectivity index (χ2v) is 3.49. The summed E-state index contributed by atoms with van der Waals surface area (Å²) < 4.78 is 15.6. The zero-order valence-electron chi connectivity index (χ0n) is 9.71. The van der Waals surface area contributed by atoms with Crippen LogP contribution in [0.4, 0.5) is 0 Å². The van der Waals surface area contributed by atoms with Crippen molar-refractivity contribution in [3.8, 4) is 11.5 Å². The van der Waals surface area contributed by atoms with Gasteiger partial charge in [0.05, 0.1) is 26.0 Å². The van der Waals surface area contributed by atoms with Gasteiger partial charge in [0.15, 0.2) is 0 Å². The molecule has 0 amide bonds. The number of hydrogen-bond acceptors (Lipinski definition) is 4. The van der Waals surface area contributed by atoms with Gasteiger partial charge in [-0.3, -0.25) is 0 Å². The van der Waals surface area contributed by atoms with Crippen molar-refractivity contribution in [2.24, 2.45) is 0 Å². The van der Waals surface area contributed by atoms with E-state index in [4.69, 9.17) is 13.9 Å². The summed E-state index contributed by atoms with van der Waals surface area (Å²) in [6.45, 7) is 0. The van der Waals surface area contributed by atoms with Crippen molar-refractivity contribution in [2.45, 2.75) is 6.10 Å². The molecule has 0 bridgehead atoms. The highest BCUT2D eigenvalue weighted by Gasteiger charge is 2.22. The number of benzene rings is 1. The van der Waals surface area contributed by atoms with Gasteiger partial charge in [0.2, 0.25) is 0 Å². The molecule has 0 saturated heterocycles. The lowest BCUT2D eigenvalue weighted by Gasteiger charge is -2.16. The Morgan fingerprint density at radius 3 is 2.18 bits per heavy atom. The Kier molecular flexibility index (Phi) is 3.35. The fraction of sp³-hybridized carbons (Fsp3) is 0.231. The molecule has 0 radical (unpaired) electrons. The average Bonchev–Trinajstić information content (AvgIpc) is 2.90. The first-order valence-corrected chi connectivity index (χ1v) is 5.20. The lowest BCUT2D eigenvalue weighted by atomic mass is 10.0. The molecule has 2 rings (SSSR count). The van der Waals surface area contributed by atoms with Gasteiger partial charge in [-0.1, -0.05) is 6.07 Å². The molecule has 90 valence electrons. The Morgan fingerprint density at radius 1 is 1.06 bits per heavy atom. The van der Waals surface area contributed by atoms with Crippen molar-refractivity contribution in [3.63, 3.8) is 0 Å². The van der Waals surface area contributed by atoms with E-state index in [1.54, 1.807) is 44.6 Å². The summed E-state index contributed by atoms with van der Waals surface area (Å²) in [4.78, 5) is 0. The van der Waals surface area contributed by atoms with Gasteiger partial charge >= 0.3 is 0 Å². The molecule has 0 spiro atoms. The molecule has 0 fully saturated rings. The van der Waals surface area contributed by atoms with Crippen molar-refractivity contribution in [3.05, 3.63) is 47.9 Å². The predicted molar refractivity (Wildman–Crippen MR) is 62.3 cm³/mol. The third-order valence-electron chi connectivity index (χ3n) is 2.55. The molecule has 4 heteroatoms. The minimum Gasteiger partial charge on any atom is -0.496 e. The van der Waals surface area contributed by atoms with E-state index in [0.29, 0.717) is 22.8 Å². The molecule has 1 N–H and O–H groups in total. The second kappa shape index (κ2) is 4.93. The number of aliphatic hydroxyl groups is 1. The van der Waals surface area contributed by atoms with Crippen molar-refractivity contribution < 1.29 is 19.0 Å². The van der Waals surface area contributed by atoms with Crippen LogP contribution in [0, 0.1) is 0 Å². The fourth-order valence-corrected chi connectivity index (χ4v) is 1.74. The summed E-state index contributed by atoms with van der Waals surface area (Å²) in [6, 6.07) is 8.76. The number of hydrogen-bond donors (Lipinski definition) is 1. The second-order valence-electron chi connectivity index (χ2n) is 3.49. The van der Waals surface area contributed by atoms with Gasteiger partial charge < -0.3 is 19.0 Å². The minimum absolute atomic E-state index is 0.452. The van der Waals surface area contributed by atoms with Gasteiger partial charge in [-0.2, -0.15) is 0 Å². The third kappa shape index (κ3) is 2.12. The molecule has 0 aliphatic rings. The maximum atomic E-state index is 10.3. The maximum Gasteiger partial charge on any atom is 0.144 e. The smallest absolute Gasteiger partial charge is 0.144 e. The summed E-state index contributed by atoms with van der Waals surface area (Å²) in [5, 5.41) is 10.3. The summed E-state index contributed by atoms with van der Waals surface area (Å²) >= 11 is 0. The Hall–Kier alpha value is -1.94. The van der Waals surface area contributed by atoms with Crippen LogP contribution < -0.4 is 9.47 Å². The Bertz CT molecular complexity index is 454. The number of aliphatic hydroxyl groups excluding tert-OH is 1. The molecule has 1 aromatic heterocycles. The third-order valence-corrected chi connectivity index (χ3v) is 2.55. The highest BCUT2D eigenvalue weighted by atomic mass is 16.5. The Balaban J connectivity index is 2.49. The van der Waals surface area contributed by atoms with E-state index < -0.39 is 6.10 Å². The lowest BCUT2D eigenvalue weighted by molar-refractivity contribution is 0.180. The van der Waals surface area contributed by atoms with Gasteiger partial charge in [-0.25, -0.2) is 0 Å². The number of furan rings is 1. The average molecular weight is 234 g/mol. The van der Waals surface area contributed by atoms with Crippen LogP contribution in [0.2, 0.25) is 0 Å². The SMILES string of the molecule is COc1cccc(OC)c1C(O)c1ccco1. The maximum absolute atomic E-state index is 10.3. The largest absolute Gasteiger partial charge is 0.496 e. The molecule has 4 nitrogen and oxygen atoms in total. The molecule has 0 aliphatic heterocycles. The summed E-state index contributed by atoms with van der Waals surface area (Å²) in [5.74, 6) is 1.58. The summed E-state index contributed by atoms with van der Waals surface area (Å²) in [5.41, 5.74) is 0.562. The van der Waals surface area contributed by atoms with Crippen molar-refractivity contribution in [2.75, 3.05) is 14.2 Å². The lowest BCUT2D eigenvalue weighted by Crippen LogP contribution is -2.04. The first kappa shape index (κ1) is 11.5. The van der Waals surface area contributed by atoms with Gasteiger partial charge in [-0.05, 0) is 24.3 Å². The Labute approximate surface area is 99.4 Å². The van der Waals surface area contributed by atoms with Crippen LogP contribution in [0.3, 0.4) is 0 Å². The van der Waals surface area contributed by atoms with E-state index in [2.05, 4.69) is 0 Å². The zero-order chi connectivity index (χ0) is 12.3. The quantitative estimate of drug-likeness (QED) is 0.882. The monoisotopic (exact) mass is 234 g/mol. The van der Waals surface area contributed by atoms with Crippen LogP contribution in [-0.2, 0) is 0 Å². The van der Waals surface area contributed by atoms with Gasteiger partial charge in [0.1, 0.15) is 23.4 Å². The number of methoxy groups -OCH3 is 2. The predicted octanol–water partition coefficient (Wildman–Crippen LogP) is 2.38. The molecular formula is C13H14O4. The standard InChI is InChI=1S/C13H14O4/c1-15-9-5-3-6-10(16-2)12(9)13(14)11-7-4-8-17-11/h3-8,13-14H,1-2H3. The molecule has 1 heterocycles. The molecule has 17 heavy (non-hydrogen) atoms. The van der Waals surface area contributed by atoms with Crippen LogP contribution in [0.1, 0.15) is 17.4 Å². The highest BCUT2D eigenvalue weighted by molar-refractivity contribution is 5.48. The minimum atomic E-state index is -0.906. The Morgan fingerprint density at radius 2 is 1.71 bits per heavy atom. The fourth-order valence-electron chi connectivity index (χ4n) is 1.74. The van der Waals surface area contributed by atoms with Gasteiger partial charge in [0, 0.05) is 0 Å². The van der Waals surface area contributed by atoms with E-state index in [9.17, 15) is 5.11 Å². The van der Waals surface area contributed by atoms with E-state index in [1.807, 2.05) is 0 Å². The van der Waals surface area contributed by atoms with Crippen LogP contribution in [0.25, 0.3) is 0 Å². The first-order valence-electron chi connectivity index (χ1n) is 5.20. The zero-order valence-corrected chi connectivity index (χ0v) is 9.71. The first-order chi connectivity index (χ1) is 8.27. The number of ether oxygens (including phenoxy) is 2. The number of rotatable bonds is 4. The summed E-state index contributed by atoms with van der Waals surface area (Å²) in [6.07, 6.45) is 0.608. The van der Waals surface area contributed by atoms with Crippen LogP contribution in [0.15, 0.2) is 41.0 Å². The van der Waals surface area contributed by atoms with Crippen molar-refractivity contribution in [1.29, 1.82) is 0 Å².